The van der Waals surface area contributed by atoms with Gasteiger partial charge in [0.05, 0.1) is 6.61 Å². The van der Waals surface area contributed by atoms with Crippen molar-refractivity contribution in [1.29, 1.82) is 0 Å². The Labute approximate surface area is 138 Å². The fourth-order valence-corrected chi connectivity index (χ4v) is 3.06. The van der Waals surface area contributed by atoms with E-state index in [2.05, 4.69) is 35.0 Å². The molecular formula is C20H24N2O. The maximum Gasteiger partial charge on any atom is 0.144 e. The average molecular weight is 308 g/mol. The minimum Gasteiger partial charge on any atom is -0.492 e. The molecule has 1 fully saturated rings. The van der Waals surface area contributed by atoms with Gasteiger partial charge in [0.15, 0.2) is 0 Å². The van der Waals surface area contributed by atoms with Gasteiger partial charge in [-0.3, -0.25) is 4.99 Å². The summed E-state index contributed by atoms with van der Waals surface area (Å²) < 4.78 is 5.62. The lowest BCUT2D eigenvalue weighted by Gasteiger charge is -2.20. The molecule has 0 spiro atoms. The van der Waals surface area contributed by atoms with Gasteiger partial charge in [0.25, 0.3) is 0 Å². The summed E-state index contributed by atoms with van der Waals surface area (Å²) in [7, 11) is 0. The van der Waals surface area contributed by atoms with Crippen LogP contribution in [0.4, 0.5) is 11.4 Å². The summed E-state index contributed by atoms with van der Waals surface area (Å²) in [4.78, 5) is 7.07. The molecule has 0 N–H and O–H groups in total. The number of benzene rings is 2. The second-order valence-corrected chi connectivity index (χ2v) is 5.90. The van der Waals surface area contributed by atoms with Crippen molar-refractivity contribution in [3.63, 3.8) is 0 Å². The highest BCUT2D eigenvalue weighted by molar-refractivity contribution is 5.84. The molecule has 0 bridgehead atoms. The molecular weight excluding hydrogens is 284 g/mol. The maximum absolute atomic E-state index is 5.62. The number of para-hydroxylation sites is 2. The summed E-state index contributed by atoms with van der Waals surface area (Å²) in [6.07, 6.45) is 4.52. The quantitative estimate of drug-likeness (QED) is 0.745. The largest absolute Gasteiger partial charge is 0.492 e. The predicted octanol–water partition coefficient (Wildman–Crippen LogP) is 4.74. The molecule has 1 aliphatic rings. The van der Waals surface area contributed by atoms with Crippen LogP contribution >= 0.6 is 0 Å². The van der Waals surface area contributed by atoms with E-state index in [-0.39, 0.29) is 0 Å². The van der Waals surface area contributed by atoms with Gasteiger partial charge in [-0.15, -0.1) is 0 Å². The van der Waals surface area contributed by atoms with Gasteiger partial charge in [-0.2, -0.15) is 0 Å². The van der Waals surface area contributed by atoms with Crippen LogP contribution in [0.15, 0.2) is 47.5 Å². The van der Waals surface area contributed by atoms with E-state index in [1.807, 2.05) is 37.4 Å². The van der Waals surface area contributed by atoms with Crippen LogP contribution in [0.2, 0.25) is 0 Å². The smallest absolute Gasteiger partial charge is 0.144 e. The van der Waals surface area contributed by atoms with E-state index in [0.29, 0.717) is 6.61 Å². The third-order valence-electron chi connectivity index (χ3n) is 4.19. The molecule has 0 amide bonds. The van der Waals surface area contributed by atoms with E-state index in [4.69, 9.17) is 4.74 Å². The Hall–Kier alpha value is -2.29. The molecule has 2 aromatic carbocycles. The molecule has 3 rings (SSSR count). The average Bonchev–Trinajstić information content (AvgIpc) is 3.08. The maximum atomic E-state index is 5.62. The number of nitrogens with zero attached hydrogens (tertiary/aromatic N) is 2. The van der Waals surface area contributed by atoms with Crippen molar-refractivity contribution < 1.29 is 4.74 Å². The Morgan fingerprint density at radius 2 is 1.91 bits per heavy atom. The summed E-state index contributed by atoms with van der Waals surface area (Å²) in [5.41, 5.74) is 4.66. The first-order valence-electron chi connectivity index (χ1n) is 8.39. The lowest BCUT2D eigenvalue weighted by molar-refractivity contribution is 0.341. The van der Waals surface area contributed by atoms with E-state index in [9.17, 15) is 0 Å². The van der Waals surface area contributed by atoms with Crippen molar-refractivity contribution in [2.24, 2.45) is 4.99 Å². The molecule has 1 aliphatic heterocycles. The molecule has 0 aromatic heterocycles. The Morgan fingerprint density at radius 1 is 1.13 bits per heavy atom. The van der Waals surface area contributed by atoms with Crippen molar-refractivity contribution >= 4 is 17.6 Å². The second kappa shape index (κ2) is 7.32. The summed E-state index contributed by atoms with van der Waals surface area (Å²) >= 11 is 0. The molecule has 0 unspecified atom stereocenters. The highest BCUT2D eigenvalue weighted by atomic mass is 16.5. The Bertz CT molecular complexity index is 688. The fraction of sp³-hybridized carbons (Fsp3) is 0.350. The van der Waals surface area contributed by atoms with Crippen LogP contribution < -0.4 is 9.64 Å². The number of aryl methyl sites for hydroxylation is 1. The van der Waals surface area contributed by atoms with E-state index >= 15 is 0 Å². The third-order valence-corrected chi connectivity index (χ3v) is 4.19. The number of hydrogen-bond donors (Lipinski definition) is 0. The molecule has 2 aromatic rings. The minimum absolute atomic E-state index is 0.649. The van der Waals surface area contributed by atoms with Gasteiger partial charge in [-0.25, -0.2) is 0 Å². The fourth-order valence-electron chi connectivity index (χ4n) is 3.06. The first-order valence-corrected chi connectivity index (χ1v) is 8.39. The van der Waals surface area contributed by atoms with Gasteiger partial charge in [0.2, 0.25) is 0 Å². The van der Waals surface area contributed by atoms with E-state index in [0.717, 1.165) is 17.0 Å². The lowest BCUT2D eigenvalue weighted by Crippen LogP contribution is -2.18. The van der Waals surface area contributed by atoms with Crippen LogP contribution in [0.3, 0.4) is 0 Å². The third kappa shape index (κ3) is 3.73. The van der Waals surface area contributed by atoms with Crippen molar-refractivity contribution in [2.45, 2.75) is 26.7 Å². The van der Waals surface area contributed by atoms with Crippen LogP contribution in [-0.4, -0.2) is 25.9 Å². The number of ether oxygens (including phenoxy) is 1. The zero-order valence-corrected chi connectivity index (χ0v) is 14.0. The number of hydrogen-bond acceptors (Lipinski definition) is 3. The van der Waals surface area contributed by atoms with Crippen LogP contribution in [0, 0.1) is 6.92 Å². The van der Waals surface area contributed by atoms with Gasteiger partial charge >= 0.3 is 0 Å². The predicted molar refractivity (Wildman–Crippen MR) is 97.5 cm³/mol. The van der Waals surface area contributed by atoms with Gasteiger partial charge < -0.3 is 9.64 Å². The first kappa shape index (κ1) is 15.6. The molecule has 0 saturated carbocycles. The van der Waals surface area contributed by atoms with Crippen LogP contribution in [0.5, 0.6) is 5.75 Å². The SMILES string of the molecule is CCOc1ccccc1N=Cc1ccc(N2CCCC2)c(C)c1. The standard InChI is InChI=1S/C20H24N2O/c1-3-23-20-9-5-4-8-18(20)21-15-17-10-11-19(16(2)14-17)22-12-6-7-13-22/h4-5,8-11,14-15H,3,6-7,12-13H2,1-2H3. The highest BCUT2D eigenvalue weighted by Crippen LogP contribution is 2.28. The Balaban J connectivity index is 1.79. The van der Waals surface area contributed by atoms with Crippen LogP contribution in [0.1, 0.15) is 30.9 Å². The second-order valence-electron chi connectivity index (χ2n) is 5.90. The van der Waals surface area contributed by atoms with Gasteiger partial charge in [-0.1, -0.05) is 18.2 Å². The van der Waals surface area contributed by atoms with Crippen molar-refractivity contribution in [1.82, 2.24) is 0 Å². The Kier molecular flexibility index (Phi) is 4.96. The zero-order chi connectivity index (χ0) is 16.1. The molecule has 0 radical (unpaired) electrons. The van der Waals surface area contributed by atoms with Gasteiger partial charge in [0.1, 0.15) is 11.4 Å². The molecule has 3 heteroatoms. The van der Waals surface area contributed by atoms with Crippen LogP contribution in [-0.2, 0) is 0 Å². The summed E-state index contributed by atoms with van der Waals surface area (Å²) in [6, 6.07) is 14.5. The molecule has 1 saturated heterocycles. The highest BCUT2D eigenvalue weighted by Gasteiger charge is 2.13. The summed E-state index contributed by atoms with van der Waals surface area (Å²) in [6.45, 7) is 7.17. The van der Waals surface area contributed by atoms with Gasteiger partial charge in [0, 0.05) is 25.0 Å². The van der Waals surface area contributed by atoms with E-state index in [1.54, 1.807) is 0 Å². The Morgan fingerprint density at radius 3 is 2.65 bits per heavy atom. The van der Waals surface area contributed by atoms with E-state index in [1.165, 1.54) is 37.2 Å². The minimum atomic E-state index is 0.649. The number of anilines is 1. The topological polar surface area (TPSA) is 24.8 Å². The number of rotatable bonds is 5. The molecule has 0 aliphatic carbocycles. The monoisotopic (exact) mass is 308 g/mol. The van der Waals surface area contributed by atoms with E-state index < -0.39 is 0 Å². The normalized spacial score (nSPS) is 14.6. The summed E-state index contributed by atoms with van der Waals surface area (Å²) in [5.74, 6) is 0.830. The molecule has 1 heterocycles. The molecule has 3 nitrogen and oxygen atoms in total. The number of aliphatic imine (C=N–C) groups is 1. The first-order chi connectivity index (χ1) is 11.3. The van der Waals surface area contributed by atoms with Gasteiger partial charge in [-0.05, 0) is 62.1 Å². The van der Waals surface area contributed by atoms with Crippen molar-refractivity contribution in [3.8, 4) is 5.75 Å². The molecule has 120 valence electrons. The van der Waals surface area contributed by atoms with Crippen molar-refractivity contribution in [2.75, 3.05) is 24.6 Å². The molecule has 23 heavy (non-hydrogen) atoms. The zero-order valence-electron chi connectivity index (χ0n) is 14.0. The van der Waals surface area contributed by atoms with Crippen molar-refractivity contribution in [3.05, 3.63) is 53.6 Å². The van der Waals surface area contributed by atoms with Crippen LogP contribution in [0.25, 0.3) is 0 Å². The molecule has 0 atom stereocenters. The lowest BCUT2D eigenvalue weighted by atomic mass is 10.1. The summed E-state index contributed by atoms with van der Waals surface area (Å²) in [5, 5.41) is 0.